The third kappa shape index (κ3) is 4.15. The van der Waals surface area contributed by atoms with E-state index in [0.29, 0.717) is 13.0 Å². The van der Waals surface area contributed by atoms with Gasteiger partial charge < -0.3 is 10.6 Å². The summed E-state index contributed by atoms with van der Waals surface area (Å²) in [6, 6.07) is 0.215. The van der Waals surface area contributed by atoms with Crippen molar-refractivity contribution >= 4 is 5.91 Å². The average Bonchev–Trinajstić information content (AvgIpc) is 2.25. The second kappa shape index (κ2) is 6.20. The summed E-state index contributed by atoms with van der Waals surface area (Å²) in [5.41, 5.74) is 6.06. The Kier molecular flexibility index (Phi) is 5.19. The second-order valence-corrected chi connectivity index (χ2v) is 5.53. The van der Waals surface area contributed by atoms with E-state index in [0.717, 1.165) is 25.7 Å². The maximum absolute atomic E-state index is 12.2. The molecule has 0 radical (unpaired) electrons. The molecule has 2 N–H and O–H groups in total. The monoisotopic (exact) mass is 238 g/mol. The Bertz CT molecular complexity index is 267. The van der Waals surface area contributed by atoms with E-state index in [9.17, 15) is 4.79 Å². The lowest BCUT2D eigenvalue weighted by atomic mass is 9.80. The van der Waals surface area contributed by atoms with Crippen LogP contribution < -0.4 is 5.73 Å². The van der Waals surface area contributed by atoms with Gasteiger partial charge in [-0.15, -0.1) is 6.58 Å². The van der Waals surface area contributed by atoms with Gasteiger partial charge >= 0.3 is 0 Å². The van der Waals surface area contributed by atoms with Gasteiger partial charge in [0.05, 0.1) is 0 Å². The normalized spacial score (nSPS) is 19.1. The predicted octanol–water partition coefficient (Wildman–Crippen LogP) is 2.46. The van der Waals surface area contributed by atoms with Crippen LogP contribution in [0.25, 0.3) is 0 Å². The van der Waals surface area contributed by atoms with Crippen molar-refractivity contribution in [3.8, 4) is 0 Å². The predicted molar refractivity (Wildman–Crippen MR) is 71.7 cm³/mol. The molecule has 0 heterocycles. The lowest BCUT2D eigenvalue weighted by Crippen LogP contribution is -2.48. The zero-order chi connectivity index (χ0) is 12.9. The highest BCUT2D eigenvalue weighted by Gasteiger charge is 2.32. The Balaban J connectivity index is 2.58. The van der Waals surface area contributed by atoms with E-state index in [4.69, 9.17) is 5.73 Å². The Morgan fingerprint density at radius 2 is 2.00 bits per heavy atom. The van der Waals surface area contributed by atoms with Crippen LogP contribution >= 0.6 is 0 Å². The fourth-order valence-electron chi connectivity index (χ4n) is 2.58. The number of hydrogen-bond donors (Lipinski definition) is 1. The van der Waals surface area contributed by atoms with E-state index in [-0.39, 0.29) is 17.5 Å². The smallest absolute Gasteiger partial charge is 0.224 e. The van der Waals surface area contributed by atoms with Crippen molar-refractivity contribution < 1.29 is 4.79 Å². The van der Waals surface area contributed by atoms with Gasteiger partial charge in [0.25, 0.3) is 0 Å². The third-order valence-corrected chi connectivity index (χ3v) is 3.62. The zero-order valence-electron chi connectivity index (χ0n) is 11.2. The van der Waals surface area contributed by atoms with Gasteiger partial charge in [0.2, 0.25) is 5.91 Å². The average molecular weight is 238 g/mol. The quantitative estimate of drug-likeness (QED) is 0.748. The van der Waals surface area contributed by atoms with Crippen LogP contribution in [0.5, 0.6) is 0 Å². The summed E-state index contributed by atoms with van der Waals surface area (Å²) in [4.78, 5) is 14.1. The molecule has 0 atom stereocenters. The summed E-state index contributed by atoms with van der Waals surface area (Å²) in [7, 11) is 0. The van der Waals surface area contributed by atoms with E-state index in [1.165, 1.54) is 6.42 Å². The molecule has 0 bridgehead atoms. The molecule has 0 aromatic heterocycles. The number of amides is 1. The first-order chi connectivity index (χ1) is 7.98. The van der Waals surface area contributed by atoms with Crippen molar-refractivity contribution in [2.24, 2.45) is 5.73 Å². The van der Waals surface area contributed by atoms with Crippen molar-refractivity contribution in [1.82, 2.24) is 4.90 Å². The molecule has 0 aromatic carbocycles. The number of rotatable bonds is 5. The van der Waals surface area contributed by atoms with E-state index in [1.807, 2.05) is 18.7 Å². The largest absolute Gasteiger partial charge is 0.337 e. The van der Waals surface area contributed by atoms with E-state index >= 15 is 0 Å². The number of nitrogens with two attached hydrogens (primary N) is 1. The summed E-state index contributed by atoms with van der Waals surface area (Å²) in [5, 5.41) is 0. The summed E-state index contributed by atoms with van der Waals surface area (Å²) in [6.07, 6.45) is 7.81. The fourth-order valence-corrected chi connectivity index (χ4v) is 2.58. The first-order valence-electron chi connectivity index (χ1n) is 6.68. The highest BCUT2D eigenvalue weighted by molar-refractivity contribution is 5.78. The molecule has 1 aliphatic rings. The Morgan fingerprint density at radius 1 is 1.41 bits per heavy atom. The maximum Gasteiger partial charge on any atom is 0.224 e. The van der Waals surface area contributed by atoms with Gasteiger partial charge in [-0.2, -0.15) is 0 Å². The molecule has 1 amide bonds. The molecule has 1 aliphatic carbocycles. The van der Waals surface area contributed by atoms with Crippen LogP contribution in [-0.2, 0) is 4.79 Å². The first kappa shape index (κ1) is 14.2. The van der Waals surface area contributed by atoms with Crippen LogP contribution in [0.4, 0.5) is 0 Å². The molecule has 98 valence electrons. The van der Waals surface area contributed by atoms with Crippen molar-refractivity contribution in [2.75, 3.05) is 6.54 Å². The minimum absolute atomic E-state index is 0.171. The molecule has 17 heavy (non-hydrogen) atoms. The van der Waals surface area contributed by atoms with Crippen LogP contribution in [0.2, 0.25) is 0 Å². The second-order valence-electron chi connectivity index (χ2n) is 5.53. The highest BCUT2D eigenvalue weighted by Crippen LogP contribution is 2.29. The first-order valence-corrected chi connectivity index (χ1v) is 6.68. The molecule has 1 fully saturated rings. The molecule has 0 spiro atoms. The third-order valence-electron chi connectivity index (χ3n) is 3.62. The van der Waals surface area contributed by atoms with Gasteiger partial charge in [0.15, 0.2) is 0 Å². The Labute approximate surface area is 105 Å². The van der Waals surface area contributed by atoms with Crippen LogP contribution in [0, 0.1) is 0 Å². The fraction of sp³-hybridized carbons (Fsp3) is 0.786. The lowest BCUT2D eigenvalue weighted by Gasteiger charge is -2.35. The number of carbonyl (C=O) groups is 1. The van der Waals surface area contributed by atoms with Gasteiger partial charge in [-0.3, -0.25) is 4.79 Å². The Morgan fingerprint density at radius 3 is 2.47 bits per heavy atom. The van der Waals surface area contributed by atoms with Crippen molar-refractivity contribution in [3.05, 3.63) is 12.7 Å². The topological polar surface area (TPSA) is 46.3 Å². The van der Waals surface area contributed by atoms with Crippen LogP contribution in [0.3, 0.4) is 0 Å². The zero-order valence-corrected chi connectivity index (χ0v) is 11.2. The highest BCUT2D eigenvalue weighted by atomic mass is 16.2. The number of nitrogens with zero attached hydrogens (tertiary/aromatic N) is 1. The van der Waals surface area contributed by atoms with E-state index in [2.05, 4.69) is 6.58 Å². The van der Waals surface area contributed by atoms with Crippen molar-refractivity contribution in [3.63, 3.8) is 0 Å². The van der Waals surface area contributed by atoms with Crippen LogP contribution in [0.15, 0.2) is 12.7 Å². The van der Waals surface area contributed by atoms with Gasteiger partial charge in [0, 0.05) is 24.5 Å². The lowest BCUT2D eigenvalue weighted by molar-refractivity contribution is -0.133. The summed E-state index contributed by atoms with van der Waals surface area (Å²) < 4.78 is 0. The minimum atomic E-state index is -0.260. The molecule has 3 nitrogen and oxygen atoms in total. The molecule has 0 aromatic rings. The van der Waals surface area contributed by atoms with Gasteiger partial charge in [-0.25, -0.2) is 0 Å². The molecular weight excluding hydrogens is 212 g/mol. The molecule has 1 rings (SSSR count). The Hall–Kier alpha value is -0.830. The van der Waals surface area contributed by atoms with E-state index < -0.39 is 0 Å². The number of carbonyl (C=O) groups excluding carboxylic acids is 1. The molecule has 1 saturated carbocycles. The molecule has 0 saturated heterocycles. The standard InChI is InChI=1S/C14H26N2O/c1-4-10-16(12(2)3)13(17)11-14(15)8-6-5-7-9-14/h4,12H,1,5-11,15H2,2-3H3. The van der Waals surface area contributed by atoms with Crippen LogP contribution in [0.1, 0.15) is 52.4 Å². The summed E-state index contributed by atoms with van der Waals surface area (Å²) in [5.74, 6) is 0.171. The molecule has 0 unspecified atom stereocenters. The number of hydrogen-bond acceptors (Lipinski definition) is 2. The van der Waals surface area contributed by atoms with Crippen LogP contribution in [-0.4, -0.2) is 28.9 Å². The van der Waals surface area contributed by atoms with Gasteiger partial charge in [-0.1, -0.05) is 25.3 Å². The summed E-state index contributed by atoms with van der Waals surface area (Å²) in [6.45, 7) is 8.39. The van der Waals surface area contributed by atoms with Crippen molar-refractivity contribution in [2.45, 2.75) is 64.0 Å². The SMILES string of the molecule is C=CCN(C(=O)CC1(N)CCCCC1)C(C)C. The van der Waals surface area contributed by atoms with Gasteiger partial charge in [0.1, 0.15) is 0 Å². The minimum Gasteiger partial charge on any atom is -0.337 e. The maximum atomic E-state index is 12.2. The molecule has 0 aliphatic heterocycles. The molecule has 3 heteroatoms. The molecular formula is C14H26N2O. The van der Waals surface area contributed by atoms with Crippen molar-refractivity contribution in [1.29, 1.82) is 0 Å². The van der Waals surface area contributed by atoms with Gasteiger partial charge in [-0.05, 0) is 26.7 Å². The summed E-state index contributed by atoms with van der Waals surface area (Å²) >= 11 is 0. The van der Waals surface area contributed by atoms with E-state index in [1.54, 1.807) is 6.08 Å².